The summed E-state index contributed by atoms with van der Waals surface area (Å²) in [7, 11) is 0. The fourth-order valence-corrected chi connectivity index (χ4v) is 3.84. The molecule has 0 spiro atoms. The molecule has 0 amide bonds. The van der Waals surface area contributed by atoms with E-state index in [4.69, 9.17) is 0 Å². The Morgan fingerprint density at radius 2 is 1.65 bits per heavy atom. The molecule has 1 aliphatic rings. The van der Waals surface area contributed by atoms with Crippen molar-refractivity contribution in [2.45, 2.75) is 13.1 Å². The van der Waals surface area contributed by atoms with Crippen molar-refractivity contribution < 1.29 is 0 Å². The van der Waals surface area contributed by atoms with E-state index in [0.29, 0.717) is 0 Å². The molecule has 6 heteroatoms. The third kappa shape index (κ3) is 3.39. The minimum atomic E-state index is 0.919. The van der Waals surface area contributed by atoms with Crippen LogP contribution in [-0.2, 0) is 13.1 Å². The Labute approximate surface area is 139 Å². The van der Waals surface area contributed by atoms with Crippen molar-refractivity contribution in [1.82, 2.24) is 24.8 Å². The normalized spacial score (nSPS) is 16.9. The molecule has 23 heavy (non-hydrogen) atoms. The van der Waals surface area contributed by atoms with Crippen molar-refractivity contribution in [3.05, 3.63) is 53.6 Å². The van der Waals surface area contributed by atoms with Gasteiger partial charge in [0.15, 0.2) is 0 Å². The average molecular weight is 325 g/mol. The van der Waals surface area contributed by atoms with Gasteiger partial charge in [-0.3, -0.25) is 14.8 Å². The van der Waals surface area contributed by atoms with E-state index in [1.165, 1.54) is 10.3 Å². The van der Waals surface area contributed by atoms with Gasteiger partial charge in [-0.2, -0.15) is 0 Å². The Hall–Kier alpha value is -1.89. The Balaban J connectivity index is 1.36. The maximum Gasteiger partial charge on any atom is 0.116 e. The first-order chi connectivity index (χ1) is 11.4. The highest BCUT2D eigenvalue weighted by Gasteiger charge is 2.18. The molecule has 0 aromatic carbocycles. The molecule has 1 saturated heterocycles. The van der Waals surface area contributed by atoms with Gasteiger partial charge < -0.3 is 0 Å². The first kappa shape index (κ1) is 14.7. The predicted octanol–water partition coefficient (Wildman–Crippen LogP) is 2.40. The van der Waals surface area contributed by atoms with Gasteiger partial charge in [-0.15, -0.1) is 11.3 Å². The number of thiophene rings is 1. The molecule has 0 atom stereocenters. The lowest BCUT2D eigenvalue weighted by atomic mass is 10.2. The standard InChI is InChI=1S/C17H19N5S/c1-4-18-5-2-14(1)11-21-6-8-22(9-7-21)12-16-17-15(3-10-23-17)19-13-20-16/h1-5,10,13H,6-9,11-12H2. The summed E-state index contributed by atoms with van der Waals surface area (Å²) in [6.07, 6.45) is 5.42. The minimum absolute atomic E-state index is 0.919. The number of rotatable bonds is 4. The van der Waals surface area contributed by atoms with Crippen LogP contribution in [0.2, 0.25) is 0 Å². The second-order valence-electron chi connectivity index (χ2n) is 5.86. The lowest BCUT2D eigenvalue weighted by molar-refractivity contribution is 0.121. The quantitative estimate of drug-likeness (QED) is 0.737. The summed E-state index contributed by atoms with van der Waals surface area (Å²) < 4.78 is 1.23. The van der Waals surface area contributed by atoms with Gasteiger partial charge in [0, 0.05) is 51.7 Å². The highest BCUT2D eigenvalue weighted by Crippen LogP contribution is 2.22. The average Bonchev–Trinajstić information content (AvgIpc) is 3.07. The molecule has 4 heterocycles. The van der Waals surface area contributed by atoms with Crippen LogP contribution in [0, 0.1) is 0 Å². The van der Waals surface area contributed by atoms with Crippen molar-refractivity contribution in [2.75, 3.05) is 26.2 Å². The van der Waals surface area contributed by atoms with Crippen LogP contribution in [0.25, 0.3) is 10.2 Å². The number of pyridine rings is 1. The van der Waals surface area contributed by atoms with Gasteiger partial charge >= 0.3 is 0 Å². The largest absolute Gasteiger partial charge is 0.297 e. The third-order valence-corrected chi connectivity index (χ3v) is 5.26. The maximum absolute atomic E-state index is 4.50. The van der Waals surface area contributed by atoms with Crippen LogP contribution < -0.4 is 0 Å². The molecule has 0 N–H and O–H groups in total. The zero-order valence-electron chi connectivity index (χ0n) is 12.9. The first-order valence-electron chi connectivity index (χ1n) is 7.89. The summed E-state index contributed by atoms with van der Waals surface area (Å²) in [4.78, 5) is 17.9. The van der Waals surface area contributed by atoms with E-state index in [9.17, 15) is 0 Å². The van der Waals surface area contributed by atoms with E-state index >= 15 is 0 Å². The molecule has 3 aromatic rings. The van der Waals surface area contributed by atoms with Gasteiger partial charge in [0.25, 0.3) is 0 Å². The number of fused-ring (bicyclic) bond motifs is 1. The van der Waals surface area contributed by atoms with Crippen molar-refractivity contribution in [3.8, 4) is 0 Å². The SMILES string of the molecule is c1cc(CN2CCN(Cc3ncnc4ccsc34)CC2)ccn1. The number of aromatic nitrogens is 3. The van der Waals surface area contributed by atoms with Crippen LogP contribution in [0.1, 0.15) is 11.3 Å². The summed E-state index contributed by atoms with van der Waals surface area (Å²) in [5.41, 5.74) is 3.56. The lowest BCUT2D eigenvalue weighted by Gasteiger charge is -2.34. The fraction of sp³-hybridized carbons (Fsp3) is 0.353. The molecule has 118 valence electrons. The molecule has 0 aliphatic carbocycles. The van der Waals surface area contributed by atoms with E-state index in [1.807, 2.05) is 12.4 Å². The molecule has 4 rings (SSSR count). The predicted molar refractivity (Wildman–Crippen MR) is 92.2 cm³/mol. The highest BCUT2D eigenvalue weighted by atomic mass is 32.1. The number of nitrogens with zero attached hydrogens (tertiary/aromatic N) is 5. The van der Waals surface area contributed by atoms with Gasteiger partial charge in [0.05, 0.1) is 15.9 Å². The Kier molecular flexibility index (Phi) is 4.28. The van der Waals surface area contributed by atoms with Crippen LogP contribution in [-0.4, -0.2) is 50.9 Å². The van der Waals surface area contributed by atoms with E-state index < -0.39 is 0 Å². The molecule has 0 radical (unpaired) electrons. The van der Waals surface area contributed by atoms with Crippen molar-refractivity contribution in [3.63, 3.8) is 0 Å². The molecular formula is C17H19N5S. The zero-order chi connectivity index (χ0) is 15.5. The number of piperazine rings is 1. The molecule has 0 unspecified atom stereocenters. The van der Waals surface area contributed by atoms with Crippen molar-refractivity contribution in [1.29, 1.82) is 0 Å². The second kappa shape index (κ2) is 6.70. The smallest absolute Gasteiger partial charge is 0.116 e. The zero-order valence-corrected chi connectivity index (χ0v) is 13.7. The van der Waals surface area contributed by atoms with Crippen LogP contribution in [0.15, 0.2) is 42.3 Å². The van der Waals surface area contributed by atoms with E-state index in [2.05, 4.69) is 48.3 Å². The molecule has 0 bridgehead atoms. The van der Waals surface area contributed by atoms with Gasteiger partial charge in [-0.05, 0) is 29.1 Å². The maximum atomic E-state index is 4.50. The Morgan fingerprint density at radius 1 is 0.913 bits per heavy atom. The van der Waals surface area contributed by atoms with E-state index in [-0.39, 0.29) is 0 Å². The molecule has 0 saturated carbocycles. The summed E-state index contributed by atoms with van der Waals surface area (Å²) in [5.74, 6) is 0. The second-order valence-corrected chi connectivity index (χ2v) is 6.78. The van der Waals surface area contributed by atoms with E-state index in [0.717, 1.165) is 50.5 Å². The summed E-state index contributed by atoms with van der Waals surface area (Å²) in [6.45, 7) is 6.30. The van der Waals surface area contributed by atoms with Crippen LogP contribution in [0.3, 0.4) is 0 Å². The van der Waals surface area contributed by atoms with Gasteiger partial charge in [-0.25, -0.2) is 9.97 Å². The third-order valence-electron chi connectivity index (χ3n) is 4.31. The fourth-order valence-electron chi connectivity index (χ4n) is 3.02. The molecule has 1 fully saturated rings. The minimum Gasteiger partial charge on any atom is -0.297 e. The van der Waals surface area contributed by atoms with E-state index in [1.54, 1.807) is 17.7 Å². The van der Waals surface area contributed by atoms with Crippen LogP contribution in [0.5, 0.6) is 0 Å². The van der Waals surface area contributed by atoms with Gasteiger partial charge in [0.2, 0.25) is 0 Å². The van der Waals surface area contributed by atoms with Crippen molar-refractivity contribution in [2.24, 2.45) is 0 Å². The summed E-state index contributed by atoms with van der Waals surface area (Å²) in [5, 5.41) is 2.09. The molecule has 3 aromatic heterocycles. The monoisotopic (exact) mass is 325 g/mol. The van der Waals surface area contributed by atoms with Crippen molar-refractivity contribution >= 4 is 21.6 Å². The Morgan fingerprint density at radius 3 is 2.43 bits per heavy atom. The first-order valence-corrected chi connectivity index (χ1v) is 8.77. The highest BCUT2D eigenvalue weighted by molar-refractivity contribution is 7.17. The van der Waals surface area contributed by atoms with Crippen LogP contribution >= 0.6 is 11.3 Å². The molecule has 5 nitrogen and oxygen atoms in total. The lowest BCUT2D eigenvalue weighted by Crippen LogP contribution is -2.45. The molecular weight excluding hydrogens is 306 g/mol. The molecule has 1 aliphatic heterocycles. The summed E-state index contributed by atoms with van der Waals surface area (Å²) in [6, 6.07) is 6.26. The topological polar surface area (TPSA) is 45.2 Å². The van der Waals surface area contributed by atoms with Crippen LogP contribution in [0.4, 0.5) is 0 Å². The number of hydrogen-bond acceptors (Lipinski definition) is 6. The number of hydrogen-bond donors (Lipinski definition) is 0. The summed E-state index contributed by atoms with van der Waals surface area (Å²) >= 11 is 1.74. The van der Waals surface area contributed by atoms with Gasteiger partial charge in [-0.1, -0.05) is 0 Å². The Bertz CT molecular complexity index is 765. The van der Waals surface area contributed by atoms with Gasteiger partial charge in [0.1, 0.15) is 6.33 Å².